The molecule has 1 saturated carbocycles. The van der Waals surface area contributed by atoms with Gasteiger partial charge in [0.25, 0.3) is 0 Å². The minimum Gasteiger partial charge on any atom is -0.334 e. The minimum absolute atomic E-state index is 0.538. The maximum atomic E-state index is 4.49. The van der Waals surface area contributed by atoms with E-state index in [0.29, 0.717) is 11.3 Å². The van der Waals surface area contributed by atoms with Crippen molar-refractivity contribution >= 4 is 0 Å². The van der Waals surface area contributed by atoms with E-state index in [2.05, 4.69) is 41.2 Å². The Labute approximate surface area is 129 Å². The molecule has 3 rings (SSSR count). The average molecular weight is 289 g/mol. The van der Waals surface area contributed by atoms with E-state index in [1.807, 2.05) is 0 Å². The van der Waals surface area contributed by atoms with E-state index in [-0.39, 0.29) is 0 Å². The van der Waals surface area contributed by atoms with E-state index in [4.69, 9.17) is 0 Å². The Morgan fingerprint density at radius 1 is 1.29 bits per heavy atom. The van der Waals surface area contributed by atoms with E-state index in [0.717, 1.165) is 19.0 Å². The van der Waals surface area contributed by atoms with Gasteiger partial charge < -0.3 is 9.88 Å². The summed E-state index contributed by atoms with van der Waals surface area (Å²) >= 11 is 0. The Morgan fingerprint density at radius 3 is 2.67 bits per heavy atom. The summed E-state index contributed by atoms with van der Waals surface area (Å²) in [6.45, 7) is 8.27. The molecule has 2 aliphatic rings. The van der Waals surface area contributed by atoms with Crippen LogP contribution >= 0.6 is 0 Å². The zero-order valence-electron chi connectivity index (χ0n) is 13.8. The number of imidazole rings is 1. The quantitative estimate of drug-likeness (QED) is 0.889. The normalized spacial score (nSPS) is 23.0. The molecule has 0 amide bonds. The van der Waals surface area contributed by atoms with E-state index < -0.39 is 0 Å². The van der Waals surface area contributed by atoms with Gasteiger partial charge in [0.2, 0.25) is 0 Å². The first-order valence-electron chi connectivity index (χ1n) is 8.89. The molecule has 2 fully saturated rings. The molecule has 0 aromatic carbocycles. The lowest BCUT2D eigenvalue weighted by Crippen LogP contribution is -2.30. The first-order chi connectivity index (χ1) is 10.2. The van der Waals surface area contributed by atoms with Gasteiger partial charge in [0.05, 0.1) is 6.33 Å². The monoisotopic (exact) mass is 289 g/mol. The van der Waals surface area contributed by atoms with Crippen LogP contribution in [-0.4, -0.2) is 22.6 Å². The highest BCUT2D eigenvalue weighted by Crippen LogP contribution is 2.45. The maximum absolute atomic E-state index is 4.49. The lowest BCUT2D eigenvalue weighted by Gasteiger charge is -2.33. The van der Waals surface area contributed by atoms with Gasteiger partial charge in [0.1, 0.15) is 0 Å². The fourth-order valence-electron chi connectivity index (χ4n) is 4.70. The van der Waals surface area contributed by atoms with Gasteiger partial charge in [-0.15, -0.1) is 0 Å². The summed E-state index contributed by atoms with van der Waals surface area (Å²) < 4.78 is 2.50. The van der Waals surface area contributed by atoms with Gasteiger partial charge in [-0.3, -0.25) is 0 Å². The van der Waals surface area contributed by atoms with Gasteiger partial charge >= 0.3 is 0 Å². The van der Waals surface area contributed by atoms with Gasteiger partial charge in [-0.2, -0.15) is 0 Å². The number of nitrogens with zero attached hydrogens (tertiary/aromatic N) is 2. The SMILES string of the molecule is CC(C)CC1(Cn2cncc2C2CCNCC2)CCCC1. The fraction of sp³-hybridized carbons (Fsp3) is 0.833. The van der Waals surface area contributed by atoms with Crippen LogP contribution in [0.25, 0.3) is 0 Å². The highest BCUT2D eigenvalue weighted by molar-refractivity contribution is 5.09. The van der Waals surface area contributed by atoms with Crippen LogP contribution in [0, 0.1) is 11.3 Å². The summed E-state index contributed by atoms with van der Waals surface area (Å²) in [5.74, 6) is 1.51. The molecule has 2 heterocycles. The zero-order chi connectivity index (χ0) is 14.7. The average Bonchev–Trinajstić information content (AvgIpc) is 3.09. The molecule has 1 aliphatic carbocycles. The fourth-order valence-corrected chi connectivity index (χ4v) is 4.70. The van der Waals surface area contributed by atoms with Gasteiger partial charge in [0.15, 0.2) is 0 Å². The standard InChI is InChI=1S/C18H31N3/c1-15(2)11-18(7-3-4-8-18)13-21-14-20-12-17(21)16-5-9-19-10-6-16/h12,14-16,19H,3-11,13H2,1-2H3. The largest absolute Gasteiger partial charge is 0.334 e. The number of hydrogen-bond acceptors (Lipinski definition) is 2. The molecule has 1 N–H and O–H groups in total. The molecule has 0 bridgehead atoms. The Hall–Kier alpha value is -0.830. The van der Waals surface area contributed by atoms with Crippen molar-refractivity contribution in [1.29, 1.82) is 0 Å². The summed E-state index contributed by atoms with van der Waals surface area (Å²) in [6, 6.07) is 0. The highest BCUT2D eigenvalue weighted by atomic mass is 15.1. The van der Waals surface area contributed by atoms with Gasteiger partial charge in [-0.1, -0.05) is 26.7 Å². The molecule has 1 saturated heterocycles. The van der Waals surface area contributed by atoms with Gasteiger partial charge in [0, 0.05) is 24.4 Å². The number of rotatable bonds is 5. The summed E-state index contributed by atoms with van der Waals surface area (Å²) in [4.78, 5) is 4.49. The third-order valence-corrected chi connectivity index (χ3v) is 5.51. The molecule has 21 heavy (non-hydrogen) atoms. The minimum atomic E-state index is 0.538. The Kier molecular flexibility index (Phi) is 4.68. The molecule has 0 atom stereocenters. The number of aromatic nitrogens is 2. The van der Waals surface area contributed by atoms with Crippen molar-refractivity contribution in [2.75, 3.05) is 13.1 Å². The smallest absolute Gasteiger partial charge is 0.0948 e. The number of nitrogens with one attached hydrogen (secondary N) is 1. The van der Waals surface area contributed by atoms with Crippen LogP contribution in [0.15, 0.2) is 12.5 Å². The molecule has 0 unspecified atom stereocenters. The van der Waals surface area contributed by atoms with Crippen molar-refractivity contribution in [2.45, 2.75) is 71.3 Å². The summed E-state index contributed by atoms with van der Waals surface area (Å²) in [5, 5.41) is 3.47. The topological polar surface area (TPSA) is 29.9 Å². The number of hydrogen-bond donors (Lipinski definition) is 1. The van der Waals surface area contributed by atoms with Crippen LogP contribution in [0.2, 0.25) is 0 Å². The summed E-state index contributed by atoms with van der Waals surface area (Å²) in [7, 11) is 0. The van der Waals surface area contributed by atoms with Crippen LogP contribution in [0.5, 0.6) is 0 Å². The van der Waals surface area contributed by atoms with Crippen molar-refractivity contribution in [3.8, 4) is 0 Å². The predicted molar refractivity (Wildman–Crippen MR) is 87.4 cm³/mol. The van der Waals surface area contributed by atoms with Crippen molar-refractivity contribution in [3.05, 3.63) is 18.2 Å². The van der Waals surface area contributed by atoms with Crippen LogP contribution in [-0.2, 0) is 6.54 Å². The lowest BCUT2D eigenvalue weighted by molar-refractivity contribution is 0.193. The third kappa shape index (κ3) is 3.50. The van der Waals surface area contributed by atoms with E-state index in [9.17, 15) is 0 Å². The molecular weight excluding hydrogens is 258 g/mol. The van der Waals surface area contributed by atoms with Gasteiger partial charge in [-0.25, -0.2) is 4.98 Å². The van der Waals surface area contributed by atoms with Crippen LogP contribution in [0.4, 0.5) is 0 Å². The first kappa shape index (κ1) is 15.1. The van der Waals surface area contributed by atoms with Crippen molar-refractivity contribution in [1.82, 2.24) is 14.9 Å². The predicted octanol–water partition coefficient (Wildman–Crippen LogP) is 3.96. The maximum Gasteiger partial charge on any atom is 0.0948 e. The Bertz CT molecular complexity index is 437. The van der Waals surface area contributed by atoms with Crippen LogP contribution in [0.1, 0.15) is 70.4 Å². The highest BCUT2D eigenvalue weighted by Gasteiger charge is 2.35. The molecule has 1 aromatic heterocycles. The first-order valence-corrected chi connectivity index (χ1v) is 8.89. The van der Waals surface area contributed by atoms with Crippen LogP contribution in [0.3, 0.4) is 0 Å². The van der Waals surface area contributed by atoms with E-state index in [1.54, 1.807) is 0 Å². The second kappa shape index (κ2) is 6.51. The summed E-state index contributed by atoms with van der Waals surface area (Å²) in [6.07, 6.45) is 13.8. The second-order valence-electron chi connectivity index (χ2n) is 7.78. The van der Waals surface area contributed by atoms with Crippen molar-refractivity contribution < 1.29 is 0 Å². The molecule has 3 heteroatoms. The van der Waals surface area contributed by atoms with Crippen LogP contribution < -0.4 is 5.32 Å². The lowest BCUT2D eigenvalue weighted by atomic mass is 9.78. The molecule has 3 nitrogen and oxygen atoms in total. The molecule has 0 spiro atoms. The van der Waals surface area contributed by atoms with E-state index >= 15 is 0 Å². The molecule has 1 aliphatic heterocycles. The van der Waals surface area contributed by atoms with Gasteiger partial charge in [-0.05, 0) is 56.5 Å². The Balaban J connectivity index is 1.75. The molecular formula is C18H31N3. The van der Waals surface area contributed by atoms with Crippen molar-refractivity contribution in [3.63, 3.8) is 0 Å². The summed E-state index contributed by atoms with van der Waals surface area (Å²) in [5.41, 5.74) is 2.03. The van der Waals surface area contributed by atoms with Crippen molar-refractivity contribution in [2.24, 2.45) is 11.3 Å². The third-order valence-electron chi connectivity index (χ3n) is 5.51. The molecule has 0 radical (unpaired) electrons. The number of piperidine rings is 1. The molecule has 1 aromatic rings. The Morgan fingerprint density at radius 2 is 2.00 bits per heavy atom. The zero-order valence-corrected chi connectivity index (χ0v) is 13.8. The second-order valence-corrected chi connectivity index (χ2v) is 7.78. The molecule has 118 valence electrons. The van der Waals surface area contributed by atoms with E-state index in [1.165, 1.54) is 57.2 Å².